The zero-order valence-corrected chi connectivity index (χ0v) is 14.3. The first-order valence-corrected chi connectivity index (χ1v) is 8.29. The number of rotatable bonds is 4. The topological polar surface area (TPSA) is 51.2 Å². The highest BCUT2D eigenvalue weighted by Crippen LogP contribution is 2.41. The first kappa shape index (κ1) is 17.9. The van der Waals surface area contributed by atoms with Gasteiger partial charge in [0.15, 0.2) is 10.8 Å². The van der Waals surface area contributed by atoms with Crippen LogP contribution in [0.4, 0.5) is 18.3 Å². The van der Waals surface area contributed by atoms with Crippen molar-refractivity contribution in [2.75, 3.05) is 12.4 Å². The quantitative estimate of drug-likeness (QED) is 0.688. The van der Waals surface area contributed by atoms with Gasteiger partial charge in [-0.25, -0.2) is 4.98 Å². The summed E-state index contributed by atoms with van der Waals surface area (Å²) in [5.74, 6) is -0.0938. The van der Waals surface area contributed by atoms with Gasteiger partial charge in [0.1, 0.15) is 5.75 Å². The van der Waals surface area contributed by atoms with Crippen molar-refractivity contribution < 1.29 is 22.7 Å². The average Bonchev–Trinajstić information content (AvgIpc) is 3.07. The van der Waals surface area contributed by atoms with Gasteiger partial charge in [-0.05, 0) is 23.8 Å². The molecule has 3 aromatic rings. The van der Waals surface area contributed by atoms with E-state index in [1.807, 2.05) is 0 Å². The van der Waals surface area contributed by atoms with Crippen LogP contribution in [0.2, 0.25) is 0 Å². The second-order valence-corrected chi connectivity index (χ2v) is 6.25. The lowest BCUT2D eigenvalue weighted by Gasteiger charge is -2.05. The molecule has 134 valence electrons. The van der Waals surface area contributed by atoms with Gasteiger partial charge in [-0.15, -0.1) is 0 Å². The zero-order valence-electron chi connectivity index (χ0n) is 13.5. The van der Waals surface area contributed by atoms with Crippen LogP contribution in [0, 0.1) is 0 Å². The van der Waals surface area contributed by atoms with Crippen LogP contribution in [0.15, 0.2) is 54.6 Å². The normalized spacial score (nSPS) is 11.2. The van der Waals surface area contributed by atoms with Crippen molar-refractivity contribution in [2.45, 2.75) is 6.18 Å². The van der Waals surface area contributed by atoms with Gasteiger partial charge in [0.25, 0.3) is 5.91 Å². The molecule has 26 heavy (non-hydrogen) atoms. The van der Waals surface area contributed by atoms with Crippen molar-refractivity contribution in [1.82, 2.24) is 4.98 Å². The smallest absolute Gasteiger partial charge is 0.434 e. The maximum atomic E-state index is 13.3. The summed E-state index contributed by atoms with van der Waals surface area (Å²) in [5.41, 5.74) is -0.372. The minimum atomic E-state index is -4.62. The fraction of sp³-hybridized carbons (Fsp3) is 0.111. The zero-order chi connectivity index (χ0) is 18.7. The molecule has 0 radical (unpaired) electrons. The molecule has 0 atom stereocenters. The largest absolute Gasteiger partial charge is 0.497 e. The fourth-order valence-electron chi connectivity index (χ4n) is 2.28. The molecular weight excluding hydrogens is 365 g/mol. The molecule has 0 spiro atoms. The van der Waals surface area contributed by atoms with E-state index in [9.17, 15) is 18.0 Å². The number of benzene rings is 2. The lowest BCUT2D eigenvalue weighted by Crippen LogP contribution is -2.12. The van der Waals surface area contributed by atoms with Gasteiger partial charge in [-0.2, -0.15) is 13.2 Å². The number of carbonyl (C=O) groups excluding carboxylic acids is 1. The van der Waals surface area contributed by atoms with Gasteiger partial charge in [0.05, 0.1) is 12.0 Å². The Morgan fingerprint density at radius 3 is 2.50 bits per heavy atom. The lowest BCUT2D eigenvalue weighted by atomic mass is 10.1. The maximum Gasteiger partial charge on any atom is 0.434 e. The van der Waals surface area contributed by atoms with Crippen LogP contribution < -0.4 is 10.1 Å². The lowest BCUT2D eigenvalue weighted by molar-refractivity contribution is -0.140. The number of hydrogen-bond acceptors (Lipinski definition) is 4. The number of thiazole rings is 1. The third-order valence-electron chi connectivity index (χ3n) is 3.48. The maximum absolute atomic E-state index is 13.3. The minimum absolute atomic E-state index is 0.0426. The Morgan fingerprint density at radius 2 is 1.85 bits per heavy atom. The Labute approximate surface area is 151 Å². The molecule has 0 bridgehead atoms. The first-order valence-electron chi connectivity index (χ1n) is 7.47. The first-order chi connectivity index (χ1) is 12.4. The SMILES string of the molecule is COc1cccc(C(=O)Nc2nc(C(F)(F)F)c(-c3ccccc3)s2)c1. The van der Waals surface area contributed by atoms with Crippen LogP contribution in [0.1, 0.15) is 16.1 Å². The molecule has 0 aliphatic carbocycles. The number of amides is 1. The Hall–Kier alpha value is -2.87. The van der Waals surface area contributed by atoms with Crippen molar-refractivity contribution in [2.24, 2.45) is 0 Å². The molecule has 3 rings (SSSR count). The Balaban J connectivity index is 1.93. The third-order valence-corrected chi connectivity index (χ3v) is 4.50. The highest BCUT2D eigenvalue weighted by atomic mass is 32.1. The molecule has 1 heterocycles. The molecule has 8 heteroatoms. The third kappa shape index (κ3) is 3.85. The Bertz CT molecular complexity index is 924. The van der Waals surface area contributed by atoms with E-state index in [-0.39, 0.29) is 15.6 Å². The summed E-state index contributed by atoms with van der Waals surface area (Å²) in [6.45, 7) is 0. The van der Waals surface area contributed by atoms with Crippen LogP contribution in [0.3, 0.4) is 0 Å². The number of hydrogen-bond donors (Lipinski definition) is 1. The highest BCUT2D eigenvalue weighted by Gasteiger charge is 2.38. The van der Waals surface area contributed by atoms with Crippen molar-refractivity contribution >= 4 is 22.4 Å². The summed E-state index contributed by atoms with van der Waals surface area (Å²) >= 11 is 0.778. The molecule has 0 aliphatic heterocycles. The molecule has 0 saturated carbocycles. The van der Waals surface area contributed by atoms with E-state index in [2.05, 4.69) is 10.3 Å². The standard InChI is InChI=1S/C18H13F3N2O2S/c1-25-13-9-5-8-12(10-13)16(24)23-17-22-15(18(19,20)21)14(26-17)11-6-3-2-4-7-11/h2-10H,1H3,(H,22,23,24). The van der Waals surface area contributed by atoms with E-state index in [1.54, 1.807) is 42.5 Å². The second kappa shape index (κ2) is 7.17. The van der Waals surface area contributed by atoms with E-state index in [4.69, 9.17) is 4.74 Å². The number of anilines is 1. The van der Waals surface area contributed by atoms with Crippen LogP contribution in [0.5, 0.6) is 5.75 Å². The monoisotopic (exact) mass is 378 g/mol. The Kier molecular flexibility index (Phi) is 4.94. The highest BCUT2D eigenvalue weighted by molar-refractivity contribution is 7.19. The number of aromatic nitrogens is 1. The van der Waals surface area contributed by atoms with Crippen molar-refractivity contribution in [3.05, 3.63) is 65.9 Å². The van der Waals surface area contributed by atoms with Gasteiger partial charge in [0.2, 0.25) is 0 Å². The predicted octanol–water partition coefficient (Wildman–Crippen LogP) is 5.09. The van der Waals surface area contributed by atoms with Crippen LogP contribution in [-0.4, -0.2) is 18.0 Å². The molecular formula is C18H13F3N2O2S. The molecule has 1 aromatic heterocycles. The average molecular weight is 378 g/mol. The van der Waals surface area contributed by atoms with Crippen molar-refractivity contribution in [1.29, 1.82) is 0 Å². The van der Waals surface area contributed by atoms with Crippen molar-refractivity contribution in [3.63, 3.8) is 0 Å². The van der Waals surface area contributed by atoms with Gasteiger partial charge in [-0.1, -0.05) is 47.7 Å². The summed E-state index contributed by atoms with van der Waals surface area (Å²) in [6.07, 6.45) is -4.62. The molecule has 2 aromatic carbocycles. The van der Waals surface area contributed by atoms with E-state index in [1.165, 1.54) is 19.2 Å². The minimum Gasteiger partial charge on any atom is -0.497 e. The number of halogens is 3. The van der Waals surface area contributed by atoms with Crippen molar-refractivity contribution in [3.8, 4) is 16.2 Å². The van der Waals surface area contributed by atoms with E-state index < -0.39 is 17.8 Å². The predicted molar refractivity (Wildman–Crippen MR) is 93.5 cm³/mol. The molecule has 1 N–H and O–H groups in total. The van der Waals surface area contributed by atoms with Crippen LogP contribution >= 0.6 is 11.3 Å². The molecule has 0 fully saturated rings. The molecule has 0 unspecified atom stereocenters. The van der Waals surface area contributed by atoms with E-state index in [0.717, 1.165) is 11.3 Å². The summed E-state index contributed by atoms with van der Waals surface area (Å²) in [4.78, 5) is 15.9. The number of nitrogens with one attached hydrogen (secondary N) is 1. The summed E-state index contributed by atoms with van der Waals surface area (Å²) in [5, 5.41) is 2.30. The Morgan fingerprint density at radius 1 is 1.12 bits per heavy atom. The number of alkyl halides is 3. The number of methoxy groups -OCH3 is 1. The number of ether oxygens (including phenoxy) is 1. The van der Waals surface area contributed by atoms with Gasteiger partial charge < -0.3 is 4.74 Å². The molecule has 4 nitrogen and oxygen atoms in total. The summed E-state index contributed by atoms with van der Waals surface area (Å²) < 4.78 is 45.0. The van der Waals surface area contributed by atoms with E-state index >= 15 is 0 Å². The summed E-state index contributed by atoms with van der Waals surface area (Å²) in [7, 11) is 1.46. The van der Waals surface area contributed by atoms with Gasteiger partial charge in [0, 0.05) is 5.56 Å². The van der Waals surface area contributed by atoms with Crippen LogP contribution in [0.25, 0.3) is 10.4 Å². The number of carbonyl (C=O) groups is 1. The fourth-order valence-corrected chi connectivity index (χ4v) is 3.27. The number of nitrogens with zero attached hydrogens (tertiary/aromatic N) is 1. The second-order valence-electron chi connectivity index (χ2n) is 5.25. The van der Waals surface area contributed by atoms with Gasteiger partial charge >= 0.3 is 6.18 Å². The molecule has 0 aliphatic rings. The summed E-state index contributed by atoms with van der Waals surface area (Å²) in [6, 6.07) is 14.4. The molecule has 0 saturated heterocycles. The van der Waals surface area contributed by atoms with Gasteiger partial charge in [-0.3, -0.25) is 10.1 Å². The molecule has 1 amide bonds. The van der Waals surface area contributed by atoms with Crippen LogP contribution in [-0.2, 0) is 6.18 Å². The van der Waals surface area contributed by atoms with E-state index in [0.29, 0.717) is 11.3 Å².